The Morgan fingerprint density at radius 1 is 1.50 bits per heavy atom. The number of rotatable bonds is 3. The second kappa shape index (κ2) is 5.15. The third kappa shape index (κ3) is 2.74. The van der Waals surface area contributed by atoms with Crippen LogP contribution < -0.4 is 5.32 Å². The number of carbonyl (C=O) groups excluding carboxylic acids is 1. The lowest BCUT2D eigenvalue weighted by atomic mass is 10.1. The lowest BCUT2D eigenvalue weighted by molar-refractivity contribution is -0.140. The van der Waals surface area contributed by atoms with Gasteiger partial charge in [-0.25, -0.2) is 0 Å². The Balaban J connectivity index is 1.87. The summed E-state index contributed by atoms with van der Waals surface area (Å²) in [5, 5.41) is 3.37. The van der Waals surface area contributed by atoms with Crippen molar-refractivity contribution in [1.29, 1.82) is 0 Å². The maximum absolute atomic E-state index is 11.9. The number of amides is 1. The van der Waals surface area contributed by atoms with Crippen molar-refractivity contribution in [3.05, 3.63) is 0 Å². The molecule has 2 heterocycles. The summed E-state index contributed by atoms with van der Waals surface area (Å²) in [7, 11) is 0. The van der Waals surface area contributed by atoms with Crippen LogP contribution in [-0.4, -0.2) is 61.0 Å². The number of piperazine rings is 2. The lowest BCUT2D eigenvalue weighted by Crippen LogP contribution is -2.63. The predicted octanol–water partition coefficient (Wildman–Crippen LogP) is 0.149. The normalized spacial score (nSPS) is 27.3. The van der Waals surface area contributed by atoms with Gasteiger partial charge in [-0.1, -0.05) is 13.8 Å². The molecule has 2 fully saturated rings. The molecular formula is C12H23N3O. The van der Waals surface area contributed by atoms with E-state index in [9.17, 15) is 4.79 Å². The fourth-order valence-corrected chi connectivity index (χ4v) is 2.51. The van der Waals surface area contributed by atoms with E-state index in [2.05, 4.69) is 29.0 Å². The molecule has 1 atom stereocenters. The molecule has 92 valence electrons. The molecule has 16 heavy (non-hydrogen) atoms. The standard InChI is InChI=1S/C12H23N3O/c1-10(2)3-5-14-8-11-7-13-4-6-15(11)12(16)9-14/h10-11,13H,3-9H2,1-2H3. The Kier molecular flexibility index (Phi) is 3.82. The predicted molar refractivity (Wildman–Crippen MR) is 64.3 cm³/mol. The molecule has 0 spiro atoms. The lowest BCUT2D eigenvalue weighted by Gasteiger charge is -2.44. The first-order valence-corrected chi connectivity index (χ1v) is 6.39. The molecule has 0 aromatic rings. The first-order valence-electron chi connectivity index (χ1n) is 6.39. The van der Waals surface area contributed by atoms with E-state index in [1.165, 1.54) is 6.42 Å². The molecule has 4 nitrogen and oxygen atoms in total. The van der Waals surface area contributed by atoms with Gasteiger partial charge in [-0.05, 0) is 18.9 Å². The van der Waals surface area contributed by atoms with Crippen molar-refractivity contribution >= 4 is 5.91 Å². The van der Waals surface area contributed by atoms with E-state index < -0.39 is 0 Å². The molecule has 0 aliphatic carbocycles. The van der Waals surface area contributed by atoms with Gasteiger partial charge < -0.3 is 10.2 Å². The minimum absolute atomic E-state index is 0.321. The monoisotopic (exact) mass is 225 g/mol. The van der Waals surface area contributed by atoms with Gasteiger partial charge in [-0.2, -0.15) is 0 Å². The molecule has 0 radical (unpaired) electrons. The smallest absolute Gasteiger partial charge is 0.237 e. The highest BCUT2D eigenvalue weighted by atomic mass is 16.2. The van der Waals surface area contributed by atoms with Crippen LogP contribution in [0.3, 0.4) is 0 Å². The molecule has 0 aromatic heterocycles. The fraction of sp³-hybridized carbons (Fsp3) is 0.917. The zero-order valence-electron chi connectivity index (χ0n) is 10.4. The molecule has 0 aromatic carbocycles. The highest BCUT2D eigenvalue weighted by molar-refractivity contribution is 5.79. The largest absolute Gasteiger partial charge is 0.335 e. The van der Waals surface area contributed by atoms with Crippen LogP contribution in [0.1, 0.15) is 20.3 Å². The van der Waals surface area contributed by atoms with E-state index in [0.717, 1.165) is 38.6 Å². The molecule has 2 aliphatic rings. The highest BCUT2D eigenvalue weighted by Gasteiger charge is 2.33. The number of hydrogen-bond donors (Lipinski definition) is 1. The Morgan fingerprint density at radius 2 is 2.31 bits per heavy atom. The Bertz CT molecular complexity index is 255. The van der Waals surface area contributed by atoms with Gasteiger partial charge in [0.2, 0.25) is 5.91 Å². The highest BCUT2D eigenvalue weighted by Crippen LogP contribution is 2.14. The van der Waals surface area contributed by atoms with Gasteiger partial charge in [0.1, 0.15) is 0 Å². The van der Waals surface area contributed by atoms with Crippen LogP contribution in [0.5, 0.6) is 0 Å². The quantitative estimate of drug-likeness (QED) is 0.742. The van der Waals surface area contributed by atoms with Crippen LogP contribution in [0.4, 0.5) is 0 Å². The molecule has 1 unspecified atom stereocenters. The van der Waals surface area contributed by atoms with E-state index in [-0.39, 0.29) is 0 Å². The molecule has 4 heteroatoms. The number of fused-ring (bicyclic) bond motifs is 1. The molecule has 2 saturated heterocycles. The summed E-state index contributed by atoms with van der Waals surface area (Å²) < 4.78 is 0. The zero-order valence-corrected chi connectivity index (χ0v) is 10.4. The van der Waals surface area contributed by atoms with Crippen molar-refractivity contribution in [3.63, 3.8) is 0 Å². The van der Waals surface area contributed by atoms with E-state index >= 15 is 0 Å². The topological polar surface area (TPSA) is 35.6 Å². The van der Waals surface area contributed by atoms with Crippen LogP contribution in [0, 0.1) is 5.92 Å². The summed E-state index contributed by atoms with van der Waals surface area (Å²) in [5.41, 5.74) is 0. The number of carbonyl (C=O) groups is 1. The molecule has 1 N–H and O–H groups in total. The average molecular weight is 225 g/mol. The van der Waals surface area contributed by atoms with Crippen molar-refractivity contribution in [1.82, 2.24) is 15.1 Å². The Hall–Kier alpha value is -0.610. The maximum atomic E-state index is 11.9. The zero-order chi connectivity index (χ0) is 11.5. The molecule has 2 aliphatic heterocycles. The second-order valence-electron chi connectivity index (χ2n) is 5.36. The number of hydrogen-bond acceptors (Lipinski definition) is 3. The Morgan fingerprint density at radius 3 is 3.06 bits per heavy atom. The number of nitrogens with zero attached hydrogens (tertiary/aromatic N) is 2. The number of nitrogens with one attached hydrogen (secondary N) is 1. The van der Waals surface area contributed by atoms with Gasteiger partial charge in [0.05, 0.1) is 12.6 Å². The third-order valence-corrected chi connectivity index (χ3v) is 3.52. The van der Waals surface area contributed by atoms with E-state index in [1.54, 1.807) is 0 Å². The van der Waals surface area contributed by atoms with Crippen LogP contribution >= 0.6 is 0 Å². The van der Waals surface area contributed by atoms with Crippen LogP contribution in [-0.2, 0) is 4.79 Å². The maximum Gasteiger partial charge on any atom is 0.237 e. The van der Waals surface area contributed by atoms with Gasteiger partial charge in [0.15, 0.2) is 0 Å². The van der Waals surface area contributed by atoms with Crippen molar-refractivity contribution in [3.8, 4) is 0 Å². The fourth-order valence-electron chi connectivity index (χ4n) is 2.51. The second-order valence-corrected chi connectivity index (χ2v) is 5.36. The first kappa shape index (κ1) is 11.9. The summed E-state index contributed by atoms with van der Waals surface area (Å²) >= 11 is 0. The summed E-state index contributed by atoms with van der Waals surface area (Å²) in [6.45, 7) is 10.0. The molecule has 1 amide bonds. The third-order valence-electron chi connectivity index (χ3n) is 3.52. The van der Waals surface area contributed by atoms with E-state index in [1.807, 2.05) is 0 Å². The van der Waals surface area contributed by atoms with Gasteiger partial charge in [0.25, 0.3) is 0 Å². The minimum atomic E-state index is 0.321. The van der Waals surface area contributed by atoms with E-state index in [0.29, 0.717) is 18.5 Å². The van der Waals surface area contributed by atoms with Crippen molar-refractivity contribution in [2.45, 2.75) is 26.3 Å². The van der Waals surface area contributed by atoms with Gasteiger partial charge >= 0.3 is 0 Å². The summed E-state index contributed by atoms with van der Waals surface area (Å²) in [6.07, 6.45) is 1.19. The molecule has 2 rings (SSSR count). The molecule has 0 bridgehead atoms. The van der Waals surface area contributed by atoms with Gasteiger partial charge in [-0.3, -0.25) is 9.69 Å². The summed E-state index contributed by atoms with van der Waals surface area (Å²) in [6, 6.07) is 0.405. The summed E-state index contributed by atoms with van der Waals surface area (Å²) in [4.78, 5) is 16.3. The van der Waals surface area contributed by atoms with Crippen LogP contribution in [0.25, 0.3) is 0 Å². The SMILES string of the molecule is CC(C)CCN1CC(=O)N2CCNCC2C1. The van der Waals surface area contributed by atoms with E-state index in [4.69, 9.17) is 0 Å². The first-order chi connectivity index (χ1) is 7.66. The van der Waals surface area contributed by atoms with Crippen molar-refractivity contribution < 1.29 is 4.79 Å². The van der Waals surface area contributed by atoms with Crippen molar-refractivity contribution in [2.24, 2.45) is 5.92 Å². The molecular weight excluding hydrogens is 202 g/mol. The van der Waals surface area contributed by atoms with Gasteiger partial charge in [-0.15, -0.1) is 0 Å². The van der Waals surface area contributed by atoms with Crippen LogP contribution in [0.2, 0.25) is 0 Å². The minimum Gasteiger partial charge on any atom is -0.335 e. The average Bonchev–Trinajstić information content (AvgIpc) is 2.26. The van der Waals surface area contributed by atoms with Gasteiger partial charge in [0, 0.05) is 26.2 Å². The van der Waals surface area contributed by atoms with Crippen molar-refractivity contribution in [2.75, 3.05) is 39.3 Å². The summed E-state index contributed by atoms with van der Waals surface area (Å²) in [5.74, 6) is 1.04. The molecule has 0 saturated carbocycles. The Labute approximate surface area is 98.0 Å². The van der Waals surface area contributed by atoms with Crippen LogP contribution in [0.15, 0.2) is 0 Å².